The molecule has 0 aliphatic rings. The molecule has 0 atom stereocenters. The average Bonchev–Trinajstić information content (AvgIpc) is 2.57. The standard InChI is InChI=1S/C18H18N2O5/c1-12-9-15(5-6-16(12)20(22)23)25-11-14-10-13(4-8-18(19)21)3-7-17(14)24-2/h3-10H,11H2,1-2H3,(H2,19,21)/b8-4-. The van der Waals surface area contributed by atoms with Crippen molar-refractivity contribution in [1.29, 1.82) is 0 Å². The van der Waals surface area contributed by atoms with Crippen LogP contribution in [0.1, 0.15) is 16.7 Å². The monoisotopic (exact) mass is 342 g/mol. The third kappa shape index (κ3) is 4.81. The molecular weight excluding hydrogens is 324 g/mol. The highest BCUT2D eigenvalue weighted by Gasteiger charge is 2.11. The summed E-state index contributed by atoms with van der Waals surface area (Å²) in [5, 5.41) is 10.9. The van der Waals surface area contributed by atoms with Crippen molar-refractivity contribution in [2.24, 2.45) is 5.73 Å². The maximum Gasteiger partial charge on any atom is 0.272 e. The lowest BCUT2D eigenvalue weighted by Gasteiger charge is -2.11. The van der Waals surface area contributed by atoms with E-state index in [0.717, 1.165) is 11.1 Å². The zero-order valence-corrected chi connectivity index (χ0v) is 13.9. The van der Waals surface area contributed by atoms with E-state index in [-0.39, 0.29) is 12.3 Å². The van der Waals surface area contributed by atoms with Gasteiger partial charge in [-0.2, -0.15) is 0 Å². The van der Waals surface area contributed by atoms with Gasteiger partial charge in [0, 0.05) is 23.3 Å². The van der Waals surface area contributed by atoms with Gasteiger partial charge in [0.1, 0.15) is 18.1 Å². The largest absolute Gasteiger partial charge is 0.496 e. The summed E-state index contributed by atoms with van der Waals surface area (Å²) in [6.45, 7) is 1.86. The topological polar surface area (TPSA) is 105 Å². The second-order valence-electron chi connectivity index (χ2n) is 5.30. The minimum Gasteiger partial charge on any atom is -0.496 e. The second-order valence-corrected chi connectivity index (χ2v) is 5.30. The predicted molar refractivity (Wildman–Crippen MR) is 93.4 cm³/mol. The molecule has 7 nitrogen and oxygen atoms in total. The molecule has 0 unspecified atom stereocenters. The van der Waals surface area contributed by atoms with E-state index in [1.807, 2.05) is 6.07 Å². The van der Waals surface area contributed by atoms with Crippen LogP contribution in [0.15, 0.2) is 42.5 Å². The van der Waals surface area contributed by atoms with Crippen LogP contribution in [0.2, 0.25) is 0 Å². The predicted octanol–water partition coefficient (Wildman–Crippen LogP) is 2.99. The van der Waals surface area contributed by atoms with Gasteiger partial charge >= 0.3 is 0 Å². The molecule has 2 aromatic rings. The van der Waals surface area contributed by atoms with Crippen molar-refractivity contribution in [1.82, 2.24) is 0 Å². The maximum absolute atomic E-state index is 10.9. The molecule has 0 fully saturated rings. The highest BCUT2D eigenvalue weighted by Crippen LogP contribution is 2.26. The summed E-state index contributed by atoms with van der Waals surface area (Å²) in [4.78, 5) is 21.3. The molecule has 0 aliphatic heterocycles. The summed E-state index contributed by atoms with van der Waals surface area (Å²) >= 11 is 0. The van der Waals surface area contributed by atoms with E-state index in [4.69, 9.17) is 15.2 Å². The maximum atomic E-state index is 10.9. The first kappa shape index (κ1) is 18.0. The summed E-state index contributed by atoms with van der Waals surface area (Å²) in [7, 11) is 1.55. The Bertz CT molecular complexity index is 830. The van der Waals surface area contributed by atoms with Gasteiger partial charge in [-0.05, 0) is 42.8 Å². The highest BCUT2D eigenvalue weighted by molar-refractivity contribution is 5.90. The molecular formula is C18H18N2O5. The van der Waals surface area contributed by atoms with E-state index in [0.29, 0.717) is 17.1 Å². The van der Waals surface area contributed by atoms with Crippen molar-refractivity contribution in [3.05, 3.63) is 69.3 Å². The van der Waals surface area contributed by atoms with Gasteiger partial charge in [-0.25, -0.2) is 0 Å². The van der Waals surface area contributed by atoms with E-state index >= 15 is 0 Å². The van der Waals surface area contributed by atoms with E-state index < -0.39 is 10.8 Å². The molecule has 2 aromatic carbocycles. The number of carbonyl (C=O) groups excluding carboxylic acids is 1. The normalized spacial score (nSPS) is 10.6. The van der Waals surface area contributed by atoms with Crippen LogP contribution in [0.5, 0.6) is 11.5 Å². The number of primary amides is 1. The first-order valence-corrected chi connectivity index (χ1v) is 7.43. The number of rotatable bonds is 7. The molecule has 0 heterocycles. The lowest BCUT2D eigenvalue weighted by Crippen LogP contribution is -2.05. The van der Waals surface area contributed by atoms with E-state index in [9.17, 15) is 14.9 Å². The van der Waals surface area contributed by atoms with Gasteiger partial charge in [-0.15, -0.1) is 0 Å². The summed E-state index contributed by atoms with van der Waals surface area (Å²) in [5.74, 6) is 0.619. The number of nitro benzene ring substituents is 1. The molecule has 0 saturated heterocycles. The lowest BCUT2D eigenvalue weighted by molar-refractivity contribution is -0.385. The van der Waals surface area contributed by atoms with Crippen molar-refractivity contribution in [3.8, 4) is 11.5 Å². The van der Waals surface area contributed by atoms with Crippen LogP contribution < -0.4 is 15.2 Å². The minimum atomic E-state index is -0.532. The molecule has 2 rings (SSSR count). The molecule has 0 bridgehead atoms. The molecule has 130 valence electrons. The third-order valence-corrected chi connectivity index (χ3v) is 3.50. The van der Waals surface area contributed by atoms with Gasteiger partial charge in [0.2, 0.25) is 5.91 Å². The molecule has 0 radical (unpaired) electrons. The quantitative estimate of drug-likeness (QED) is 0.473. The van der Waals surface area contributed by atoms with Gasteiger partial charge in [0.05, 0.1) is 12.0 Å². The number of aryl methyl sites for hydroxylation is 1. The number of hydrogen-bond donors (Lipinski definition) is 1. The van der Waals surface area contributed by atoms with Crippen LogP contribution in [0, 0.1) is 17.0 Å². The van der Waals surface area contributed by atoms with Crippen molar-refractivity contribution >= 4 is 17.7 Å². The molecule has 0 aliphatic carbocycles. The van der Waals surface area contributed by atoms with Crippen LogP contribution >= 0.6 is 0 Å². The van der Waals surface area contributed by atoms with Crippen molar-refractivity contribution in [2.75, 3.05) is 7.11 Å². The van der Waals surface area contributed by atoms with E-state index in [2.05, 4.69) is 0 Å². The summed E-state index contributed by atoms with van der Waals surface area (Å²) in [5.41, 5.74) is 7.20. The Morgan fingerprint density at radius 1 is 1.28 bits per heavy atom. The number of hydrogen-bond acceptors (Lipinski definition) is 5. The fourth-order valence-electron chi connectivity index (χ4n) is 2.28. The molecule has 1 amide bonds. The third-order valence-electron chi connectivity index (χ3n) is 3.50. The van der Waals surface area contributed by atoms with E-state index in [1.54, 1.807) is 44.4 Å². The number of nitrogens with two attached hydrogens (primary N) is 1. The number of carbonyl (C=O) groups is 1. The number of methoxy groups -OCH3 is 1. The van der Waals surface area contributed by atoms with Crippen LogP contribution in [-0.4, -0.2) is 17.9 Å². The lowest BCUT2D eigenvalue weighted by atomic mass is 10.1. The van der Waals surface area contributed by atoms with Gasteiger partial charge < -0.3 is 15.2 Å². The summed E-state index contributed by atoms with van der Waals surface area (Å²) in [6, 6.07) is 9.94. The van der Waals surface area contributed by atoms with Crippen molar-refractivity contribution < 1.29 is 19.2 Å². The number of benzene rings is 2. The Labute approximate surface area is 144 Å². The average molecular weight is 342 g/mol. The minimum absolute atomic E-state index is 0.0449. The summed E-state index contributed by atoms with van der Waals surface area (Å²) < 4.78 is 11.0. The molecule has 7 heteroatoms. The smallest absolute Gasteiger partial charge is 0.272 e. The Balaban J connectivity index is 2.18. The zero-order valence-electron chi connectivity index (χ0n) is 13.9. The highest BCUT2D eigenvalue weighted by atomic mass is 16.6. The molecule has 25 heavy (non-hydrogen) atoms. The molecule has 0 spiro atoms. The fourth-order valence-corrected chi connectivity index (χ4v) is 2.28. The summed E-state index contributed by atoms with van der Waals surface area (Å²) in [6.07, 6.45) is 2.87. The Kier molecular flexibility index (Phi) is 5.73. The Hall–Kier alpha value is -3.35. The van der Waals surface area contributed by atoms with Crippen molar-refractivity contribution in [2.45, 2.75) is 13.5 Å². The zero-order chi connectivity index (χ0) is 18.4. The Morgan fingerprint density at radius 3 is 2.64 bits per heavy atom. The van der Waals surface area contributed by atoms with Gasteiger partial charge in [0.15, 0.2) is 0 Å². The SMILES string of the molecule is COc1ccc(/C=C\C(N)=O)cc1COc1ccc([N+](=O)[O-])c(C)c1. The number of nitrogens with zero attached hydrogens (tertiary/aromatic N) is 1. The first-order valence-electron chi connectivity index (χ1n) is 7.43. The van der Waals surface area contributed by atoms with Gasteiger partial charge in [-0.3, -0.25) is 14.9 Å². The Morgan fingerprint density at radius 2 is 2.04 bits per heavy atom. The van der Waals surface area contributed by atoms with E-state index in [1.165, 1.54) is 12.1 Å². The first-order chi connectivity index (χ1) is 11.9. The molecule has 2 N–H and O–H groups in total. The van der Waals surface area contributed by atoms with Crippen molar-refractivity contribution in [3.63, 3.8) is 0 Å². The number of amides is 1. The number of nitro groups is 1. The second kappa shape index (κ2) is 7.96. The van der Waals surface area contributed by atoms with Gasteiger partial charge in [0.25, 0.3) is 5.69 Å². The molecule has 0 aromatic heterocycles. The number of ether oxygens (including phenoxy) is 2. The molecule has 0 saturated carbocycles. The van der Waals surface area contributed by atoms with Crippen LogP contribution in [-0.2, 0) is 11.4 Å². The van der Waals surface area contributed by atoms with Crippen LogP contribution in [0.3, 0.4) is 0 Å². The van der Waals surface area contributed by atoms with Crippen LogP contribution in [0.25, 0.3) is 6.08 Å². The fraction of sp³-hybridized carbons (Fsp3) is 0.167. The van der Waals surface area contributed by atoms with Crippen LogP contribution in [0.4, 0.5) is 5.69 Å². The van der Waals surface area contributed by atoms with Gasteiger partial charge in [-0.1, -0.05) is 6.07 Å².